The van der Waals surface area contributed by atoms with Gasteiger partial charge in [-0.3, -0.25) is 9.59 Å². The Morgan fingerprint density at radius 3 is 2.33 bits per heavy atom. The van der Waals surface area contributed by atoms with E-state index < -0.39 is 24.5 Å². The Balaban J connectivity index is 1.92. The number of anilines is 1. The van der Waals surface area contributed by atoms with Crippen molar-refractivity contribution < 1.29 is 19.1 Å². The van der Waals surface area contributed by atoms with Crippen LogP contribution in [0.3, 0.4) is 0 Å². The SMILES string of the molecule is Cc1cccc(C(=O)N[C@H](C(=O)OCC(=O)Nc2ccccc2)C(C)C)c1. The van der Waals surface area contributed by atoms with Crippen molar-refractivity contribution in [3.05, 3.63) is 65.7 Å². The highest BCUT2D eigenvalue weighted by atomic mass is 16.5. The fourth-order valence-electron chi connectivity index (χ4n) is 2.45. The number of rotatable bonds is 7. The van der Waals surface area contributed by atoms with E-state index in [0.717, 1.165) is 5.56 Å². The van der Waals surface area contributed by atoms with E-state index in [2.05, 4.69) is 10.6 Å². The maximum absolute atomic E-state index is 12.4. The van der Waals surface area contributed by atoms with E-state index in [1.54, 1.807) is 56.3 Å². The summed E-state index contributed by atoms with van der Waals surface area (Å²) in [5.74, 6) is -1.64. The summed E-state index contributed by atoms with van der Waals surface area (Å²) in [4.78, 5) is 36.7. The average Bonchev–Trinajstić information content (AvgIpc) is 2.64. The second-order valence-corrected chi connectivity index (χ2v) is 6.59. The van der Waals surface area contributed by atoms with Gasteiger partial charge in [-0.05, 0) is 37.1 Å². The van der Waals surface area contributed by atoms with Crippen molar-refractivity contribution in [1.82, 2.24) is 5.32 Å². The molecular formula is C21H24N2O4. The van der Waals surface area contributed by atoms with Gasteiger partial charge in [-0.1, -0.05) is 49.7 Å². The third-order valence-electron chi connectivity index (χ3n) is 3.89. The number of hydrogen-bond donors (Lipinski definition) is 2. The average molecular weight is 368 g/mol. The summed E-state index contributed by atoms with van der Waals surface area (Å²) in [7, 11) is 0. The molecule has 0 aliphatic rings. The van der Waals surface area contributed by atoms with Crippen LogP contribution in [0.25, 0.3) is 0 Å². The molecule has 0 aliphatic heterocycles. The van der Waals surface area contributed by atoms with Crippen LogP contribution in [-0.4, -0.2) is 30.4 Å². The molecule has 0 fully saturated rings. The van der Waals surface area contributed by atoms with Crippen LogP contribution in [0.5, 0.6) is 0 Å². The number of ether oxygens (including phenoxy) is 1. The van der Waals surface area contributed by atoms with Gasteiger partial charge in [0.2, 0.25) is 0 Å². The van der Waals surface area contributed by atoms with Crippen LogP contribution in [0.4, 0.5) is 5.69 Å². The van der Waals surface area contributed by atoms with E-state index in [4.69, 9.17) is 4.74 Å². The Morgan fingerprint density at radius 2 is 1.70 bits per heavy atom. The molecule has 0 saturated carbocycles. The van der Waals surface area contributed by atoms with Crippen LogP contribution in [0.2, 0.25) is 0 Å². The molecular weight excluding hydrogens is 344 g/mol. The molecule has 6 heteroatoms. The van der Waals surface area contributed by atoms with E-state index in [9.17, 15) is 14.4 Å². The van der Waals surface area contributed by atoms with Gasteiger partial charge in [0.15, 0.2) is 6.61 Å². The number of carbonyl (C=O) groups is 3. The smallest absolute Gasteiger partial charge is 0.329 e. The monoisotopic (exact) mass is 368 g/mol. The van der Waals surface area contributed by atoms with E-state index in [1.165, 1.54) is 0 Å². The van der Waals surface area contributed by atoms with Crippen LogP contribution in [-0.2, 0) is 14.3 Å². The minimum Gasteiger partial charge on any atom is -0.454 e. The van der Waals surface area contributed by atoms with E-state index >= 15 is 0 Å². The molecule has 142 valence electrons. The summed E-state index contributed by atoms with van der Waals surface area (Å²) in [6, 6.07) is 15.1. The highest BCUT2D eigenvalue weighted by Crippen LogP contribution is 2.09. The molecule has 2 N–H and O–H groups in total. The molecule has 6 nitrogen and oxygen atoms in total. The Bertz CT molecular complexity index is 803. The highest BCUT2D eigenvalue weighted by Gasteiger charge is 2.26. The molecule has 0 aliphatic carbocycles. The Morgan fingerprint density at radius 1 is 1.00 bits per heavy atom. The summed E-state index contributed by atoms with van der Waals surface area (Å²) in [6.07, 6.45) is 0. The van der Waals surface area contributed by atoms with Crippen molar-refractivity contribution in [2.45, 2.75) is 26.8 Å². The summed E-state index contributed by atoms with van der Waals surface area (Å²) < 4.78 is 5.09. The number of amides is 2. The zero-order valence-electron chi connectivity index (χ0n) is 15.7. The summed E-state index contributed by atoms with van der Waals surface area (Å²) in [5.41, 5.74) is 2.03. The standard InChI is InChI=1S/C21H24N2O4/c1-14(2)19(23-20(25)16-9-7-8-15(3)12-16)21(26)27-13-18(24)22-17-10-5-4-6-11-17/h4-12,14,19H,13H2,1-3H3,(H,22,24)(H,23,25)/t19-/m0/s1. The van der Waals surface area contributed by atoms with Crippen LogP contribution >= 0.6 is 0 Å². The molecule has 0 spiro atoms. The van der Waals surface area contributed by atoms with Gasteiger partial charge in [-0.15, -0.1) is 0 Å². The number of esters is 1. The maximum atomic E-state index is 12.4. The highest BCUT2D eigenvalue weighted by molar-refractivity contribution is 5.97. The molecule has 1 atom stereocenters. The molecule has 0 bridgehead atoms. The van der Waals surface area contributed by atoms with Gasteiger partial charge in [0.05, 0.1) is 0 Å². The topological polar surface area (TPSA) is 84.5 Å². The third kappa shape index (κ3) is 6.26. The number of nitrogens with one attached hydrogen (secondary N) is 2. The molecule has 2 aromatic carbocycles. The van der Waals surface area contributed by atoms with Gasteiger partial charge in [0.1, 0.15) is 6.04 Å². The van der Waals surface area contributed by atoms with Crippen LogP contribution < -0.4 is 10.6 Å². The van der Waals surface area contributed by atoms with E-state index in [0.29, 0.717) is 11.3 Å². The van der Waals surface area contributed by atoms with E-state index in [-0.39, 0.29) is 11.8 Å². The van der Waals surface area contributed by atoms with Crippen LogP contribution in [0.15, 0.2) is 54.6 Å². The van der Waals surface area contributed by atoms with Crippen molar-refractivity contribution in [2.75, 3.05) is 11.9 Å². The number of aryl methyl sites for hydroxylation is 1. The second kappa shape index (κ2) is 9.52. The number of benzene rings is 2. The van der Waals surface area contributed by atoms with Gasteiger partial charge in [-0.2, -0.15) is 0 Å². The minimum atomic E-state index is -0.845. The van der Waals surface area contributed by atoms with Gasteiger partial charge < -0.3 is 15.4 Å². The van der Waals surface area contributed by atoms with Crippen molar-refractivity contribution in [2.24, 2.45) is 5.92 Å². The molecule has 2 aromatic rings. The molecule has 2 amide bonds. The molecule has 27 heavy (non-hydrogen) atoms. The summed E-state index contributed by atoms with van der Waals surface area (Å²) in [6.45, 7) is 5.06. The quantitative estimate of drug-likeness (QED) is 0.736. The Kier molecular flexibility index (Phi) is 7.11. The molecule has 0 unspecified atom stereocenters. The predicted molar refractivity (Wildman–Crippen MR) is 103 cm³/mol. The first-order valence-electron chi connectivity index (χ1n) is 8.76. The van der Waals surface area contributed by atoms with Crippen LogP contribution in [0.1, 0.15) is 29.8 Å². The van der Waals surface area contributed by atoms with Crippen molar-refractivity contribution in [3.8, 4) is 0 Å². The zero-order chi connectivity index (χ0) is 19.8. The number of carbonyl (C=O) groups excluding carboxylic acids is 3. The first-order chi connectivity index (χ1) is 12.9. The minimum absolute atomic E-state index is 0.191. The number of hydrogen-bond acceptors (Lipinski definition) is 4. The normalized spacial score (nSPS) is 11.6. The van der Waals surface area contributed by atoms with Crippen molar-refractivity contribution in [1.29, 1.82) is 0 Å². The molecule has 0 saturated heterocycles. The summed E-state index contributed by atoms with van der Waals surface area (Å²) >= 11 is 0. The van der Waals surface area contributed by atoms with Gasteiger partial charge >= 0.3 is 5.97 Å². The number of para-hydroxylation sites is 1. The Hall–Kier alpha value is -3.15. The third-order valence-corrected chi connectivity index (χ3v) is 3.89. The van der Waals surface area contributed by atoms with Gasteiger partial charge in [-0.25, -0.2) is 4.79 Å². The molecule has 0 aromatic heterocycles. The van der Waals surface area contributed by atoms with Gasteiger partial charge in [0.25, 0.3) is 11.8 Å². The van der Waals surface area contributed by atoms with Crippen molar-refractivity contribution in [3.63, 3.8) is 0 Å². The maximum Gasteiger partial charge on any atom is 0.329 e. The first kappa shape index (κ1) is 20.2. The lowest BCUT2D eigenvalue weighted by molar-refractivity contribution is -0.150. The lowest BCUT2D eigenvalue weighted by atomic mass is 10.0. The van der Waals surface area contributed by atoms with Gasteiger partial charge in [0, 0.05) is 11.3 Å². The van der Waals surface area contributed by atoms with E-state index in [1.807, 2.05) is 19.1 Å². The Labute approximate surface area is 158 Å². The lowest BCUT2D eigenvalue weighted by Gasteiger charge is -2.21. The largest absolute Gasteiger partial charge is 0.454 e. The molecule has 2 rings (SSSR count). The lowest BCUT2D eigenvalue weighted by Crippen LogP contribution is -2.45. The fourth-order valence-corrected chi connectivity index (χ4v) is 2.45. The zero-order valence-corrected chi connectivity index (χ0v) is 15.7. The second-order valence-electron chi connectivity index (χ2n) is 6.59. The van der Waals surface area contributed by atoms with Crippen molar-refractivity contribution >= 4 is 23.5 Å². The fraction of sp³-hybridized carbons (Fsp3) is 0.286. The summed E-state index contributed by atoms with van der Waals surface area (Å²) in [5, 5.41) is 5.32. The predicted octanol–water partition coefficient (Wildman–Crippen LogP) is 2.93. The van der Waals surface area contributed by atoms with Crippen LogP contribution in [0, 0.1) is 12.8 Å². The molecule has 0 radical (unpaired) electrons. The molecule has 0 heterocycles. The first-order valence-corrected chi connectivity index (χ1v) is 8.76.